The number of amides is 1. The van der Waals surface area contributed by atoms with Crippen LogP contribution in [0.5, 0.6) is 5.75 Å². The van der Waals surface area contributed by atoms with E-state index in [-0.39, 0.29) is 23.2 Å². The van der Waals surface area contributed by atoms with Crippen molar-refractivity contribution < 1.29 is 22.3 Å². The molecule has 0 aliphatic rings. The normalized spacial score (nSPS) is 11.0. The second kappa shape index (κ2) is 8.96. The summed E-state index contributed by atoms with van der Waals surface area (Å²) in [7, 11) is -2.18. The van der Waals surface area contributed by atoms with Gasteiger partial charge in [-0.2, -0.15) is 0 Å². The molecule has 0 atom stereocenters. The fraction of sp³-hybridized carbons (Fsp3) is 0.136. The minimum absolute atomic E-state index is 0.0889. The Labute approximate surface area is 175 Å². The fourth-order valence-corrected chi connectivity index (χ4v) is 3.86. The Balaban J connectivity index is 1.66. The molecule has 3 aromatic carbocycles. The molecule has 0 spiro atoms. The zero-order chi connectivity index (χ0) is 21.7. The average Bonchev–Trinajstić information content (AvgIpc) is 2.73. The standard InChI is InChI=1S/C22H21FN2O4S/c1-16-14-20(30(27,28)24-18-6-4-3-5-7-18)12-13-21(16)29-15-22(26)25(2)19-10-8-17(23)9-11-19/h3-14,24H,15H2,1-2H3. The molecule has 0 bridgehead atoms. The quantitative estimate of drug-likeness (QED) is 0.618. The predicted molar refractivity (Wildman–Crippen MR) is 114 cm³/mol. The number of nitrogens with one attached hydrogen (secondary N) is 1. The third-order valence-electron chi connectivity index (χ3n) is 4.42. The van der Waals surface area contributed by atoms with Crippen molar-refractivity contribution in [3.8, 4) is 5.75 Å². The van der Waals surface area contributed by atoms with Crippen LogP contribution in [0.25, 0.3) is 0 Å². The Morgan fingerprint density at radius 2 is 1.70 bits per heavy atom. The van der Waals surface area contributed by atoms with Gasteiger partial charge in [0.2, 0.25) is 0 Å². The van der Waals surface area contributed by atoms with E-state index in [1.807, 2.05) is 0 Å². The molecule has 0 aromatic heterocycles. The van der Waals surface area contributed by atoms with Gasteiger partial charge < -0.3 is 9.64 Å². The van der Waals surface area contributed by atoms with Crippen LogP contribution in [0.4, 0.5) is 15.8 Å². The van der Waals surface area contributed by atoms with Crippen LogP contribution in [0.2, 0.25) is 0 Å². The molecule has 0 aliphatic heterocycles. The lowest BCUT2D eigenvalue weighted by Crippen LogP contribution is -2.31. The number of aryl methyl sites for hydroxylation is 1. The molecular weight excluding hydrogens is 407 g/mol. The van der Waals surface area contributed by atoms with Crippen molar-refractivity contribution in [1.82, 2.24) is 0 Å². The van der Waals surface area contributed by atoms with Crippen molar-refractivity contribution in [2.45, 2.75) is 11.8 Å². The number of sulfonamides is 1. The highest BCUT2D eigenvalue weighted by Crippen LogP contribution is 2.24. The summed E-state index contributed by atoms with van der Waals surface area (Å²) in [6.45, 7) is 1.45. The van der Waals surface area contributed by atoms with E-state index >= 15 is 0 Å². The van der Waals surface area contributed by atoms with E-state index < -0.39 is 10.0 Å². The third-order valence-corrected chi connectivity index (χ3v) is 5.80. The van der Waals surface area contributed by atoms with E-state index in [9.17, 15) is 17.6 Å². The monoisotopic (exact) mass is 428 g/mol. The molecule has 0 saturated carbocycles. The van der Waals surface area contributed by atoms with Gasteiger partial charge in [0.1, 0.15) is 11.6 Å². The number of halogens is 1. The number of hydrogen-bond donors (Lipinski definition) is 1. The molecule has 1 N–H and O–H groups in total. The van der Waals surface area contributed by atoms with E-state index in [1.54, 1.807) is 44.3 Å². The van der Waals surface area contributed by atoms with Gasteiger partial charge in [0, 0.05) is 18.4 Å². The second-order valence-electron chi connectivity index (χ2n) is 6.62. The molecular formula is C22H21FN2O4S. The number of carbonyl (C=O) groups excluding carboxylic acids is 1. The van der Waals surface area contributed by atoms with Gasteiger partial charge in [-0.15, -0.1) is 0 Å². The highest BCUT2D eigenvalue weighted by atomic mass is 32.2. The van der Waals surface area contributed by atoms with Gasteiger partial charge in [-0.25, -0.2) is 12.8 Å². The van der Waals surface area contributed by atoms with Gasteiger partial charge in [0.25, 0.3) is 15.9 Å². The highest BCUT2D eigenvalue weighted by Gasteiger charge is 2.17. The highest BCUT2D eigenvalue weighted by molar-refractivity contribution is 7.92. The molecule has 0 heterocycles. The number of nitrogens with zero attached hydrogens (tertiary/aromatic N) is 1. The first-order valence-electron chi connectivity index (χ1n) is 9.10. The SMILES string of the molecule is Cc1cc(S(=O)(=O)Nc2ccccc2)ccc1OCC(=O)N(C)c1ccc(F)cc1. The second-order valence-corrected chi connectivity index (χ2v) is 8.30. The molecule has 156 valence electrons. The molecule has 0 fully saturated rings. The van der Waals surface area contributed by atoms with Crippen molar-refractivity contribution in [3.05, 3.63) is 84.2 Å². The maximum atomic E-state index is 13.0. The Morgan fingerprint density at radius 3 is 2.33 bits per heavy atom. The lowest BCUT2D eigenvalue weighted by Gasteiger charge is -2.18. The van der Waals surface area contributed by atoms with Crippen molar-refractivity contribution in [3.63, 3.8) is 0 Å². The fourth-order valence-electron chi connectivity index (χ4n) is 2.72. The molecule has 8 heteroatoms. The summed E-state index contributed by atoms with van der Waals surface area (Å²) in [6, 6.07) is 18.5. The van der Waals surface area contributed by atoms with Gasteiger partial charge in [-0.1, -0.05) is 18.2 Å². The van der Waals surface area contributed by atoms with Crippen molar-refractivity contribution in [2.24, 2.45) is 0 Å². The number of ether oxygens (including phenoxy) is 1. The molecule has 0 radical (unpaired) electrons. The number of benzene rings is 3. The third kappa shape index (κ3) is 5.15. The van der Waals surface area contributed by atoms with E-state index in [4.69, 9.17) is 4.74 Å². The summed E-state index contributed by atoms with van der Waals surface area (Å²) in [5.74, 6) is -0.318. The number of carbonyl (C=O) groups is 1. The first-order valence-corrected chi connectivity index (χ1v) is 10.6. The minimum atomic E-state index is -3.75. The topological polar surface area (TPSA) is 75.7 Å². The summed E-state index contributed by atoms with van der Waals surface area (Å²) < 4.78 is 46.2. The van der Waals surface area contributed by atoms with Crippen molar-refractivity contribution in [1.29, 1.82) is 0 Å². The Bertz CT molecular complexity index is 1130. The maximum Gasteiger partial charge on any atom is 0.264 e. The lowest BCUT2D eigenvalue weighted by molar-refractivity contribution is -0.120. The number of rotatable bonds is 7. The first-order chi connectivity index (χ1) is 14.3. The Kier molecular flexibility index (Phi) is 6.37. The van der Waals surface area contributed by atoms with Crippen LogP contribution in [0, 0.1) is 12.7 Å². The van der Waals surface area contributed by atoms with Crippen LogP contribution in [0.3, 0.4) is 0 Å². The lowest BCUT2D eigenvalue weighted by atomic mass is 10.2. The van der Waals surface area contributed by atoms with Crippen LogP contribution < -0.4 is 14.4 Å². The van der Waals surface area contributed by atoms with Crippen LogP contribution in [0.15, 0.2) is 77.7 Å². The van der Waals surface area contributed by atoms with Crippen LogP contribution in [-0.2, 0) is 14.8 Å². The van der Waals surface area contributed by atoms with Gasteiger partial charge in [-0.05, 0) is 67.1 Å². The van der Waals surface area contributed by atoms with Gasteiger partial charge in [-0.3, -0.25) is 9.52 Å². The van der Waals surface area contributed by atoms with Gasteiger partial charge in [0.05, 0.1) is 4.90 Å². The largest absolute Gasteiger partial charge is 0.483 e. The summed E-state index contributed by atoms with van der Waals surface area (Å²) in [5, 5.41) is 0. The first kappa shape index (κ1) is 21.3. The number of para-hydroxylation sites is 1. The van der Waals surface area contributed by atoms with Crippen LogP contribution >= 0.6 is 0 Å². The summed E-state index contributed by atoms with van der Waals surface area (Å²) in [4.78, 5) is 13.8. The molecule has 1 amide bonds. The van der Waals surface area contributed by atoms with Gasteiger partial charge in [0.15, 0.2) is 6.61 Å². The predicted octanol–water partition coefficient (Wildman–Crippen LogP) is 3.98. The molecule has 3 aromatic rings. The smallest absolute Gasteiger partial charge is 0.264 e. The number of anilines is 2. The molecule has 6 nitrogen and oxygen atoms in total. The molecule has 3 rings (SSSR count). The Hall–Kier alpha value is -3.39. The van der Waals surface area contributed by atoms with Crippen LogP contribution in [0.1, 0.15) is 5.56 Å². The number of likely N-dealkylation sites (N-methyl/N-ethyl adjacent to an activating group) is 1. The maximum absolute atomic E-state index is 13.0. The van der Waals surface area contributed by atoms with E-state index in [0.29, 0.717) is 22.7 Å². The van der Waals surface area contributed by atoms with Crippen molar-refractivity contribution in [2.75, 3.05) is 23.3 Å². The number of hydrogen-bond acceptors (Lipinski definition) is 4. The zero-order valence-electron chi connectivity index (χ0n) is 16.5. The van der Waals surface area contributed by atoms with Crippen molar-refractivity contribution >= 4 is 27.3 Å². The van der Waals surface area contributed by atoms with E-state index in [2.05, 4.69) is 4.72 Å². The molecule has 0 saturated heterocycles. The summed E-state index contributed by atoms with van der Waals surface area (Å²) in [5.41, 5.74) is 1.57. The van der Waals surface area contributed by atoms with E-state index in [0.717, 1.165) is 0 Å². The summed E-state index contributed by atoms with van der Waals surface area (Å²) in [6.07, 6.45) is 0. The molecule has 0 unspecified atom stereocenters. The van der Waals surface area contributed by atoms with E-state index in [1.165, 1.54) is 47.4 Å². The van der Waals surface area contributed by atoms with Gasteiger partial charge >= 0.3 is 0 Å². The van der Waals surface area contributed by atoms with Crippen LogP contribution in [-0.4, -0.2) is 28.0 Å². The Morgan fingerprint density at radius 1 is 1.03 bits per heavy atom. The zero-order valence-corrected chi connectivity index (χ0v) is 17.3. The average molecular weight is 428 g/mol. The molecule has 30 heavy (non-hydrogen) atoms. The molecule has 0 aliphatic carbocycles. The summed E-state index contributed by atoms with van der Waals surface area (Å²) >= 11 is 0. The minimum Gasteiger partial charge on any atom is -0.483 e.